The molecular formula is C27H50N6O2. The molecule has 8 nitrogen and oxygen atoms in total. The van der Waals surface area contributed by atoms with Crippen molar-refractivity contribution in [1.82, 2.24) is 31.9 Å². The van der Waals surface area contributed by atoms with Crippen LogP contribution in [0.5, 0.6) is 0 Å². The van der Waals surface area contributed by atoms with E-state index >= 15 is 0 Å². The van der Waals surface area contributed by atoms with E-state index in [9.17, 15) is 4.79 Å². The van der Waals surface area contributed by atoms with Gasteiger partial charge in [0.15, 0.2) is 0 Å². The van der Waals surface area contributed by atoms with Crippen LogP contribution < -0.4 is 31.9 Å². The summed E-state index contributed by atoms with van der Waals surface area (Å²) in [5.41, 5.74) is 0. The van der Waals surface area contributed by atoms with Crippen molar-refractivity contribution in [2.45, 2.75) is 114 Å². The second-order valence-electron chi connectivity index (χ2n) is 12.2. The van der Waals surface area contributed by atoms with Crippen molar-refractivity contribution in [3.8, 4) is 0 Å². The maximum atomic E-state index is 13.3. The molecule has 10 unspecified atom stereocenters. The van der Waals surface area contributed by atoms with Gasteiger partial charge in [0, 0.05) is 37.7 Å². The van der Waals surface area contributed by atoms with Crippen LogP contribution in [0.2, 0.25) is 0 Å². The molecule has 35 heavy (non-hydrogen) atoms. The zero-order valence-electron chi connectivity index (χ0n) is 22.0. The smallest absolute Gasteiger partial charge is 0.224 e. The minimum atomic E-state index is 0.106. The van der Waals surface area contributed by atoms with E-state index in [1.807, 2.05) is 7.11 Å². The first-order chi connectivity index (χ1) is 17.1. The lowest BCUT2D eigenvalue weighted by Crippen LogP contribution is -2.66. The van der Waals surface area contributed by atoms with E-state index in [2.05, 4.69) is 38.8 Å². The van der Waals surface area contributed by atoms with Crippen molar-refractivity contribution in [2.75, 3.05) is 26.7 Å². The van der Waals surface area contributed by atoms with Gasteiger partial charge in [0.25, 0.3) is 0 Å². The fraction of sp³-hybridized carbons (Fsp3) is 0.963. The van der Waals surface area contributed by atoms with Crippen LogP contribution in [0.1, 0.15) is 77.6 Å². The van der Waals surface area contributed by atoms with Gasteiger partial charge in [0.2, 0.25) is 5.91 Å². The van der Waals surface area contributed by atoms with Gasteiger partial charge in [-0.25, -0.2) is 0 Å². The Morgan fingerprint density at radius 2 is 1.74 bits per heavy atom. The predicted octanol–water partition coefficient (Wildman–Crippen LogP) is 1.62. The number of fused-ring (bicyclic) bond motifs is 1. The fourth-order valence-electron chi connectivity index (χ4n) is 7.54. The lowest BCUT2D eigenvalue weighted by molar-refractivity contribution is -0.128. The summed E-state index contributed by atoms with van der Waals surface area (Å²) in [6.45, 7) is 5.37. The minimum Gasteiger partial charge on any atom is -0.380 e. The largest absolute Gasteiger partial charge is 0.380 e. The summed E-state index contributed by atoms with van der Waals surface area (Å²) in [5.74, 6) is 2.36. The van der Waals surface area contributed by atoms with E-state index in [1.165, 1.54) is 32.1 Å². The van der Waals surface area contributed by atoms with Crippen LogP contribution >= 0.6 is 0 Å². The van der Waals surface area contributed by atoms with Gasteiger partial charge >= 0.3 is 0 Å². The third-order valence-corrected chi connectivity index (χ3v) is 9.85. The lowest BCUT2D eigenvalue weighted by atomic mass is 9.77. The maximum absolute atomic E-state index is 13.3. The van der Waals surface area contributed by atoms with Crippen LogP contribution in [0.25, 0.3) is 0 Å². The van der Waals surface area contributed by atoms with Gasteiger partial charge in [0.05, 0.1) is 12.3 Å². The number of ether oxygens (including phenoxy) is 1. The third kappa shape index (κ3) is 6.57. The van der Waals surface area contributed by atoms with Gasteiger partial charge in [-0.2, -0.15) is 0 Å². The Balaban J connectivity index is 1.10. The fourth-order valence-corrected chi connectivity index (χ4v) is 7.54. The van der Waals surface area contributed by atoms with Crippen molar-refractivity contribution in [1.29, 1.82) is 0 Å². The quantitative estimate of drug-likeness (QED) is 0.337. The van der Waals surface area contributed by atoms with E-state index < -0.39 is 0 Å². The van der Waals surface area contributed by atoms with Crippen molar-refractivity contribution in [3.63, 3.8) is 0 Å². The van der Waals surface area contributed by atoms with Crippen molar-refractivity contribution < 1.29 is 9.53 Å². The highest BCUT2D eigenvalue weighted by Crippen LogP contribution is 2.33. The Labute approximate surface area is 212 Å². The summed E-state index contributed by atoms with van der Waals surface area (Å²) in [6, 6.07) is 1.44. The monoisotopic (exact) mass is 490 g/mol. The molecule has 2 saturated carbocycles. The number of methoxy groups -OCH3 is 1. The van der Waals surface area contributed by atoms with Gasteiger partial charge in [-0.1, -0.05) is 19.8 Å². The average Bonchev–Trinajstić information content (AvgIpc) is 2.90. The number of hydrogen-bond acceptors (Lipinski definition) is 7. The Kier molecular flexibility index (Phi) is 9.00. The van der Waals surface area contributed by atoms with Crippen molar-refractivity contribution in [3.05, 3.63) is 0 Å². The minimum absolute atomic E-state index is 0.106. The number of carbonyl (C=O) groups excluding carboxylic acids is 1. The predicted molar refractivity (Wildman–Crippen MR) is 139 cm³/mol. The molecule has 5 aliphatic rings. The second kappa shape index (κ2) is 12.2. The first-order valence-electron chi connectivity index (χ1n) is 14.6. The number of piperidine rings is 2. The Morgan fingerprint density at radius 3 is 2.63 bits per heavy atom. The molecule has 0 radical (unpaired) electrons. The average molecular weight is 491 g/mol. The molecule has 0 spiro atoms. The van der Waals surface area contributed by atoms with Gasteiger partial charge in [0.1, 0.15) is 6.29 Å². The first kappa shape index (κ1) is 25.9. The number of nitrogens with one attached hydrogen (secondary N) is 6. The third-order valence-electron chi connectivity index (χ3n) is 9.85. The number of amides is 1. The van der Waals surface area contributed by atoms with Crippen LogP contribution in [-0.4, -0.2) is 69.3 Å². The van der Waals surface area contributed by atoms with E-state index in [1.54, 1.807) is 0 Å². The summed E-state index contributed by atoms with van der Waals surface area (Å²) in [6.07, 6.45) is 13.6. The van der Waals surface area contributed by atoms with Crippen LogP contribution in [-0.2, 0) is 9.53 Å². The zero-order valence-corrected chi connectivity index (χ0v) is 22.0. The summed E-state index contributed by atoms with van der Waals surface area (Å²) < 4.78 is 5.63. The number of carbonyl (C=O) groups is 1. The van der Waals surface area contributed by atoms with Gasteiger partial charge in [-0.15, -0.1) is 0 Å². The molecule has 1 amide bonds. The normalized spacial score (nSPS) is 44.9. The molecule has 10 atom stereocenters. The van der Waals surface area contributed by atoms with E-state index in [-0.39, 0.29) is 24.3 Å². The summed E-state index contributed by atoms with van der Waals surface area (Å²) in [7, 11) is 1.82. The molecular weight excluding hydrogens is 440 g/mol. The topological polar surface area (TPSA) is 98.5 Å². The molecule has 3 aliphatic heterocycles. The molecule has 2 aliphatic carbocycles. The SMILES string of the molecule is COC1CNCC(C2CCNC(NC3CC(C(=O)NC4CCC5CCCCC5N4)CCC3C)N2)C1. The van der Waals surface area contributed by atoms with Gasteiger partial charge in [-0.05, 0) is 88.6 Å². The Hall–Kier alpha value is -0.770. The van der Waals surface area contributed by atoms with E-state index in [0.717, 1.165) is 64.1 Å². The standard InChI is InChI=1S/C27H50N6O2/c1-17-7-8-19(26(34)33-25-10-9-18-5-3-4-6-22(18)30-25)14-24(17)32-27-29-12-11-23(31-27)20-13-21(35-2)16-28-15-20/h17-25,27-32H,3-16H2,1-2H3,(H,33,34). The van der Waals surface area contributed by atoms with Crippen LogP contribution in [0, 0.1) is 23.7 Å². The molecule has 5 fully saturated rings. The highest BCUT2D eigenvalue weighted by molar-refractivity contribution is 5.79. The molecule has 0 aromatic heterocycles. The molecule has 0 bridgehead atoms. The molecule has 3 heterocycles. The van der Waals surface area contributed by atoms with Crippen LogP contribution in [0.4, 0.5) is 0 Å². The lowest BCUT2D eigenvalue weighted by Gasteiger charge is -2.43. The highest BCUT2D eigenvalue weighted by Gasteiger charge is 2.37. The van der Waals surface area contributed by atoms with E-state index in [4.69, 9.17) is 4.74 Å². The molecule has 0 aromatic rings. The summed E-state index contributed by atoms with van der Waals surface area (Å²) in [5, 5.41) is 22.0. The summed E-state index contributed by atoms with van der Waals surface area (Å²) in [4.78, 5) is 13.3. The Bertz CT molecular complexity index is 695. The van der Waals surface area contributed by atoms with Crippen LogP contribution in [0.3, 0.4) is 0 Å². The summed E-state index contributed by atoms with van der Waals surface area (Å²) >= 11 is 0. The van der Waals surface area contributed by atoms with Gasteiger partial charge < -0.3 is 15.4 Å². The van der Waals surface area contributed by atoms with E-state index in [0.29, 0.717) is 36.1 Å². The number of rotatable bonds is 6. The zero-order chi connectivity index (χ0) is 24.2. The maximum Gasteiger partial charge on any atom is 0.224 e. The molecule has 200 valence electrons. The van der Waals surface area contributed by atoms with Crippen LogP contribution in [0.15, 0.2) is 0 Å². The molecule has 6 N–H and O–H groups in total. The first-order valence-corrected chi connectivity index (χ1v) is 14.6. The molecule has 5 rings (SSSR count). The van der Waals surface area contributed by atoms with Crippen molar-refractivity contribution >= 4 is 5.91 Å². The van der Waals surface area contributed by atoms with Crippen molar-refractivity contribution in [2.24, 2.45) is 23.7 Å². The Morgan fingerprint density at radius 1 is 0.886 bits per heavy atom. The molecule has 0 aromatic carbocycles. The van der Waals surface area contributed by atoms with Gasteiger partial charge in [-0.3, -0.25) is 26.1 Å². The molecule has 3 saturated heterocycles. The highest BCUT2D eigenvalue weighted by atomic mass is 16.5. The molecule has 8 heteroatoms. The second-order valence-corrected chi connectivity index (χ2v) is 12.2. The number of hydrogen-bond donors (Lipinski definition) is 6.